The molecule has 1 heterocycles. The lowest BCUT2D eigenvalue weighted by molar-refractivity contribution is 0.318. The Morgan fingerprint density at radius 3 is 2.93 bits per heavy atom. The van der Waals surface area contributed by atoms with Gasteiger partial charge in [-0.3, -0.25) is 0 Å². The summed E-state index contributed by atoms with van der Waals surface area (Å²) in [7, 11) is 3.25. The average Bonchev–Trinajstić information content (AvgIpc) is 2.25. The maximum atomic E-state index is 5.17. The first-order valence-electron chi connectivity index (χ1n) is 3.96. The van der Waals surface area contributed by atoms with Gasteiger partial charge in [-0.25, -0.2) is 4.98 Å². The van der Waals surface area contributed by atoms with Crippen LogP contribution < -0.4 is 14.8 Å². The molecule has 0 radical (unpaired) electrons. The van der Waals surface area contributed by atoms with Crippen LogP contribution >= 0.6 is 0 Å². The lowest BCUT2D eigenvalue weighted by Crippen LogP contribution is -2.03. The van der Waals surface area contributed by atoms with E-state index in [-0.39, 0.29) is 6.61 Å². The second kappa shape index (κ2) is 4.92. The Labute approximate surface area is 82.5 Å². The number of hydrogen-bond acceptors (Lipinski definition) is 5. The number of nitrogens with zero attached hydrogens (tertiary/aromatic N) is 2. The van der Waals surface area contributed by atoms with Gasteiger partial charge in [0.1, 0.15) is 6.33 Å². The van der Waals surface area contributed by atoms with Crippen LogP contribution in [0.1, 0.15) is 0 Å². The van der Waals surface area contributed by atoms with E-state index in [0.29, 0.717) is 17.4 Å². The molecule has 0 aliphatic heterocycles. The van der Waals surface area contributed by atoms with E-state index in [1.807, 2.05) is 0 Å². The van der Waals surface area contributed by atoms with Crippen molar-refractivity contribution in [2.24, 2.45) is 0 Å². The first-order chi connectivity index (χ1) is 6.83. The normalized spacial score (nSPS) is 8.93. The standard InChI is InChI=1S/C9H11N3O2/c1-4-5-14-9-7(13-3)8(10-2)11-6-12-9/h1,6H,5H2,2-3H3,(H,10,11,12). The summed E-state index contributed by atoms with van der Waals surface area (Å²) in [5, 5.41) is 2.86. The molecule has 1 N–H and O–H groups in total. The minimum atomic E-state index is 0.149. The molecule has 1 aromatic rings. The summed E-state index contributed by atoms with van der Waals surface area (Å²) in [5.74, 6) is 3.70. The van der Waals surface area contributed by atoms with E-state index in [4.69, 9.17) is 15.9 Å². The number of hydrogen-bond donors (Lipinski definition) is 1. The molecule has 5 nitrogen and oxygen atoms in total. The van der Waals surface area contributed by atoms with Gasteiger partial charge in [0.25, 0.3) is 5.88 Å². The summed E-state index contributed by atoms with van der Waals surface area (Å²) in [6.07, 6.45) is 6.44. The highest BCUT2D eigenvalue weighted by atomic mass is 16.5. The molecule has 0 bridgehead atoms. The van der Waals surface area contributed by atoms with Crippen LogP contribution in [-0.2, 0) is 0 Å². The van der Waals surface area contributed by atoms with Crippen molar-refractivity contribution < 1.29 is 9.47 Å². The number of methoxy groups -OCH3 is 1. The van der Waals surface area contributed by atoms with Gasteiger partial charge in [0, 0.05) is 7.05 Å². The Hall–Kier alpha value is -1.96. The molecule has 0 fully saturated rings. The number of aromatic nitrogens is 2. The van der Waals surface area contributed by atoms with Crippen molar-refractivity contribution in [2.75, 3.05) is 26.1 Å². The Balaban J connectivity index is 2.97. The van der Waals surface area contributed by atoms with Crippen molar-refractivity contribution >= 4 is 5.82 Å². The van der Waals surface area contributed by atoms with Gasteiger partial charge in [-0.15, -0.1) is 6.42 Å². The molecule has 0 atom stereocenters. The average molecular weight is 193 g/mol. The number of rotatable bonds is 4. The largest absolute Gasteiger partial charge is 0.489 e. The SMILES string of the molecule is C#CCOc1ncnc(NC)c1OC. The molecule has 0 saturated carbocycles. The topological polar surface area (TPSA) is 56.3 Å². The minimum absolute atomic E-state index is 0.149. The van der Waals surface area contributed by atoms with Gasteiger partial charge in [0.2, 0.25) is 5.75 Å². The van der Waals surface area contributed by atoms with Crippen molar-refractivity contribution in [3.8, 4) is 24.0 Å². The molecule has 0 amide bonds. The fourth-order valence-electron chi connectivity index (χ4n) is 0.932. The van der Waals surface area contributed by atoms with Crippen LogP contribution in [-0.4, -0.2) is 30.7 Å². The zero-order valence-corrected chi connectivity index (χ0v) is 8.07. The van der Waals surface area contributed by atoms with Gasteiger partial charge in [-0.2, -0.15) is 4.98 Å². The number of terminal acetylenes is 1. The van der Waals surface area contributed by atoms with Gasteiger partial charge in [0.05, 0.1) is 7.11 Å². The van der Waals surface area contributed by atoms with Crippen LogP contribution in [0.4, 0.5) is 5.82 Å². The second-order valence-electron chi connectivity index (χ2n) is 2.30. The third-order valence-electron chi connectivity index (χ3n) is 1.50. The molecule has 0 aliphatic carbocycles. The summed E-state index contributed by atoms with van der Waals surface area (Å²) in [5.41, 5.74) is 0. The first kappa shape index (κ1) is 10.1. The summed E-state index contributed by atoms with van der Waals surface area (Å²) < 4.78 is 10.3. The van der Waals surface area contributed by atoms with E-state index in [1.165, 1.54) is 13.4 Å². The quantitative estimate of drug-likeness (QED) is 0.707. The van der Waals surface area contributed by atoms with E-state index in [9.17, 15) is 0 Å². The predicted molar refractivity (Wildman–Crippen MR) is 52.5 cm³/mol. The van der Waals surface area contributed by atoms with Crippen LogP contribution in [0.5, 0.6) is 11.6 Å². The highest BCUT2D eigenvalue weighted by Gasteiger charge is 2.11. The molecule has 0 spiro atoms. The van der Waals surface area contributed by atoms with Crippen molar-refractivity contribution in [3.63, 3.8) is 0 Å². The van der Waals surface area contributed by atoms with Crippen molar-refractivity contribution in [2.45, 2.75) is 0 Å². The Morgan fingerprint density at radius 2 is 2.36 bits per heavy atom. The van der Waals surface area contributed by atoms with Crippen molar-refractivity contribution in [1.82, 2.24) is 9.97 Å². The molecule has 0 unspecified atom stereocenters. The molecular weight excluding hydrogens is 182 g/mol. The van der Waals surface area contributed by atoms with Gasteiger partial charge < -0.3 is 14.8 Å². The fraction of sp³-hybridized carbons (Fsp3) is 0.333. The van der Waals surface area contributed by atoms with E-state index in [1.54, 1.807) is 7.05 Å². The monoisotopic (exact) mass is 193 g/mol. The van der Waals surface area contributed by atoms with Crippen molar-refractivity contribution in [1.29, 1.82) is 0 Å². The predicted octanol–water partition coefficient (Wildman–Crippen LogP) is 0.539. The van der Waals surface area contributed by atoms with Crippen molar-refractivity contribution in [3.05, 3.63) is 6.33 Å². The van der Waals surface area contributed by atoms with Gasteiger partial charge in [0.15, 0.2) is 12.4 Å². The maximum absolute atomic E-state index is 5.17. The summed E-state index contributed by atoms with van der Waals surface area (Å²) in [6, 6.07) is 0. The lowest BCUT2D eigenvalue weighted by Gasteiger charge is -2.09. The van der Waals surface area contributed by atoms with Gasteiger partial charge >= 0.3 is 0 Å². The zero-order valence-electron chi connectivity index (χ0n) is 8.07. The van der Waals surface area contributed by atoms with Gasteiger partial charge in [-0.05, 0) is 0 Å². The molecule has 0 aliphatic rings. The lowest BCUT2D eigenvalue weighted by atomic mass is 10.5. The van der Waals surface area contributed by atoms with Crippen LogP contribution in [0.3, 0.4) is 0 Å². The van der Waals surface area contributed by atoms with Crippen LogP contribution in [0, 0.1) is 12.3 Å². The zero-order chi connectivity index (χ0) is 10.4. The Bertz CT molecular complexity index is 346. The Kier molecular flexibility index (Phi) is 3.56. The fourth-order valence-corrected chi connectivity index (χ4v) is 0.932. The molecule has 0 saturated heterocycles. The number of anilines is 1. The molecule has 1 aromatic heterocycles. The number of ether oxygens (including phenoxy) is 2. The second-order valence-corrected chi connectivity index (χ2v) is 2.30. The molecule has 74 valence electrons. The minimum Gasteiger partial charge on any atom is -0.489 e. The maximum Gasteiger partial charge on any atom is 0.263 e. The highest BCUT2D eigenvalue weighted by molar-refractivity contribution is 5.54. The van der Waals surface area contributed by atoms with E-state index >= 15 is 0 Å². The van der Waals surface area contributed by atoms with E-state index in [0.717, 1.165) is 0 Å². The number of nitrogens with one attached hydrogen (secondary N) is 1. The summed E-state index contributed by atoms with van der Waals surface area (Å²) in [4.78, 5) is 7.86. The molecule has 0 aromatic carbocycles. The van der Waals surface area contributed by atoms with E-state index < -0.39 is 0 Å². The van der Waals surface area contributed by atoms with E-state index in [2.05, 4.69) is 21.2 Å². The molecular formula is C9H11N3O2. The van der Waals surface area contributed by atoms with Crippen LogP contribution in [0.15, 0.2) is 6.33 Å². The molecule has 1 rings (SSSR count). The van der Waals surface area contributed by atoms with Crippen LogP contribution in [0.2, 0.25) is 0 Å². The smallest absolute Gasteiger partial charge is 0.263 e. The van der Waals surface area contributed by atoms with Gasteiger partial charge in [-0.1, -0.05) is 5.92 Å². The summed E-state index contributed by atoms with van der Waals surface area (Å²) in [6.45, 7) is 0.149. The molecule has 5 heteroatoms. The third kappa shape index (κ3) is 2.04. The third-order valence-corrected chi connectivity index (χ3v) is 1.50. The first-order valence-corrected chi connectivity index (χ1v) is 3.96. The summed E-state index contributed by atoms with van der Waals surface area (Å²) >= 11 is 0. The van der Waals surface area contributed by atoms with Crippen LogP contribution in [0.25, 0.3) is 0 Å². The molecule has 14 heavy (non-hydrogen) atoms. The Morgan fingerprint density at radius 1 is 1.57 bits per heavy atom. The highest BCUT2D eigenvalue weighted by Crippen LogP contribution is 2.30.